The molecule has 54 heavy (non-hydrogen) atoms. The molecular formula is C50H46BNOS. The van der Waals surface area contributed by atoms with Gasteiger partial charge >= 0.3 is 0 Å². The Hall–Kier alpha value is -3.89. The SMILES string of the molecule is c1ccc2c(c1)Sc1cccc3c1B2c1ccc(-n2c4ccc(C56CC7CC(CC(C7)C5)C6)cc4c4cc(C56CC7CC(CC(C7)C5)C6)ccc42)cc1O3. The maximum atomic E-state index is 6.89. The molecule has 2 aliphatic heterocycles. The summed E-state index contributed by atoms with van der Waals surface area (Å²) in [6, 6.07) is 38.3. The predicted molar refractivity (Wildman–Crippen MR) is 222 cm³/mol. The lowest BCUT2D eigenvalue weighted by atomic mass is 9.35. The molecule has 266 valence electrons. The van der Waals surface area contributed by atoms with E-state index >= 15 is 0 Å². The van der Waals surface area contributed by atoms with Crippen molar-refractivity contribution in [2.24, 2.45) is 35.5 Å². The first-order chi connectivity index (χ1) is 26.5. The summed E-state index contributed by atoms with van der Waals surface area (Å²) < 4.78 is 9.47. The summed E-state index contributed by atoms with van der Waals surface area (Å²) in [6.07, 6.45) is 17.4. The van der Waals surface area contributed by atoms with Crippen molar-refractivity contribution in [1.29, 1.82) is 0 Å². The first-order valence-corrected chi connectivity index (χ1v) is 22.2. The molecule has 0 atom stereocenters. The van der Waals surface area contributed by atoms with Crippen molar-refractivity contribution < 1.29 is 4.74 Å². The van der Waals surface area contributed by atoms with Crippen LogP contribution in [0.15, 0.2) is 107 Å². The first-order valence-electron chi connectivity index (χ1n) is 21.4. The number of rotatable bonds is 3. The smallest absolute Gasteiger partial charge is 0.253 e. The Labute approximate surface area is 323 Å². The van der Waals surface area contributed by atoms with Crippen LogP contribution >= 0.6 is 11.8 Å². The molecular weight excluding hydrogens is 673 g/mol. The fraction of sp³-hybridized carbons (Fsp3) is 0.400. The maximum Gasteiger partial charge on any atom is 0.253 e. The zero-order valence-electron chi connectivity index (χ0n) is 31.0. The van der Waals surface area contributed by atoms with Crippen LogP contribution in [0.1, 0.15) is 88.2 Å². The van der Waals surface area contributed by atoms with E-state index in [0.29, 0.717) is 10.8 Å². The summed E-state index contributed by atoms with van der Waals surface area (Å²) in [4.78, 5) is 2.68. The lowest BCUT2D eigenvalue weighted by Gasteiger charge is -2.57. The normalized spacial score (nSPS) is 33.2. The molecule has 0 saturated heterocycles. The molecule has 0 amide bonds. The van der Waals surface area contributed by atoms with Crippen molar-refractivity contribution in [3.63, 3.8) is 0 Å². The molecule has 4 heteroatoms. The second kappa shape index (κ2) is 10.5. The highest BCUT2D eigenvalue weighted by molar-refractivity contribution is 8.00. The number of hydrogen-bond acceptors (Lipinski definition) is 2. The lowest BCUT2D eigenvalue weighted by Crippen LogP contribution is -2.57. The van der Waals surface area contributed by atoms with Crippen molar-refractivity contribution in [1.82, 2.24) is 4.57 Å². The van der Waals surface area contributed by atoms with E-state index in [2.05, 4.69) is 102 Å². The van der Waals surface area contributed by atoms with Gasteiger partial charge in [0.25, 0.3) is 6.71 Å². The average Bonchev–Trinajstić information content (AvgIpc) is 3.50. The van der Waals surface area contributed by atoms with Crippen LogP contribution in [-0.4, -0.2) is 11.3 Å². The van der Waals surface area contributed by atoms with Gasteiger partial charge < -0.3 is 9.30 Å². The van der Waals surface area contributed by atoms with E-state index in [1.54, 1.807) is 11.1 Å². The van der Waals surface area contributed by atoms with Crippen LogP contribution in [0.25, 0.3) is 27.5 Å². The van der Waals surface area contributed by atoms with Crippen LogP contribution < -0.4 is 21.1 Å². The topological polar surface area (TPSA) is 14.2 Å². The van der Waals surface area contributed by atoms with Crippen LogP contribution in [-0.2, 0) is 10.8 Å². The maximum absolute atomic E-state index is 6.89. The molecule has 8 bridgehead atoms. The average molecular weight is 720 g/mol. The zero-order valence-corrected chi connectivity index (χ0v) is 31.8. The van der Waals surface area contributed by atoms with E-state index in [-0.39, 0.29) is 6.71 Å². The molecule has 0 unspecified atom stereocenters. The third kappa shape index (κ3) is 4.06. The number of benzene rings is 5. The van der Waals surface area contributed by atoms with Gasteiger partial charge in [-0.15, -0.1) is 0 Å². The van der Waals surface area contributed by atoms with Gasteiger partial charge in [-0.3, -0.25) is 0 Å². The van der Waals surface area contributed by atoms with Gasteiger partial charge in [-0.05, 0) is 194 Å². The van der Waals surface area contributed by atoms with Crippen molar-refractivity contribution in [3.8, 4) is 17.2 Å². The van der Waals surface area contributed by atoms with Crippen molar-refractivity contribution in [2.75, 3.05) is 0 Å². The van der Waals surface area contributed by atoms with E-state index in [4.69, 9.17) is 4.74 Å². The molecule has 8 saturated carbocycles. The Morgan fingerprint density at radius 3 is 1.67 bits per heavy atom. The van der Waals surface area contributed by atoms with E-state index in [0.717, 1.165) is 47.0 Å². The largest absolute Gasteiger partial charge is 0.458 e. The molecule has 16 rings (SSSR count). The van der Waals surface area contributed by atoms with Gasteiger partial charge in [0.2, 0.25) is 0 Å². The van der Waals surface area contributed by atoms with Gasteiger partial charge in [0.1, 0.15) is 11.5 Å². The Kier molecular flexibility index (Phi) is 5.89. The summed E-state index contributed by atoms with van der Waals surface area (Å²) in [5.41, 5.74) is 11.9. The number of nitrogens with zero attached hydrogens (tertiary/aromatic N) is 1. The third-order valence-electron chi connectivity index (χ3n) is 16.6. The predicted octanol–water partition coefficient (Wildman–Crippen LogP) is 10.8. The van der Waals surface area contributed by atoms with Crippen LogP contribution in [0.3, 0.4) is 0 Å². The van der Waals surface area contributed by atoms with E-state index < -0.39 is 0 Å². The molecule has 0 radical (unpaired) electrons. The van der Waals surface area contributed by atoms with Crippen molar-refractivity contribution >= 4 is 56.7 Å². The Balaban J connectivity index is 0.960. The van der Waals surface area contributed by atoms with Gasteiger partial charge in [0.15, 0.2) is 0 Å². The minimum absolute atomic E-state index is 0.190. The van der Waals surface area contributed by atoms with E-state index in [1.807, 2.05) is 11.8 Å². The minimum Gasteiger partial charge on any atom is -0.458 e. The Morgan fingerprint density at radius 1 is 0.519 bits per heavy atom. The van der Waals surface area contributed by atoms with Gasteiger partial charge in [0, 0.05) is 32.3 Å². The van der Waals surface area contributed by atoms with Gasteiger partial charge in [-0.2, -0.15) is 0 Å². The number of aromatic nitrogens is 1. The highest BCUT2D eigenvalue weighted by Crippen LogP contribution is 2.62. The second-order valence-electron chi connectivity index (χ2n) is 19.8. The number of ether oxygens (including phenoxy) is 1. The fourth-order valence-electron chi connectivity index (χ4n) is 15.4. The standard InChI is InChI=1S/C50H46BNOS/c1-2-6-46-41(4-1)51-40-11-10-37(22-45(40)53-44-5-3-7-47(54-46)48(44)51)52-42-12-8-35(49-23-29-14-30(24-49)16-31(15-29)25-49)20-38(42)39-21-36(9-13-43(39)52)50-26-32-17-33(27-50)19-34(18-32)28-50/h1-13,20-22,29-34H,14-19,23-28H2. The van der Waals surface area contributed by atoms with E-state index in [1.165, 1.54) is 131 Å². The third-order valence-corrected chi connectivity index (χ3v) is 17.8. The zero-order chi connectivity index (χ0) is 34.9. The molecule has 8 aliphatic carbocycles. The number of fused-ring (bicyclic) bond motifs is 7. The van der Waals surface area contributed by atoms with Crippen LogP contribution in [0, 0.1) is 35.5 Å². The van der Waals surface area contributed by atoms with Crippen LogP contribution in [0.5, 0.6) is 11.5 Å². The van der Waals surface area contributed by atoms with Gasteiger partial charge in [-0.1, -0.05) is 59.7 Å². The summed E-state index contributed by atoms with van der Waals surface area (Å²) in [6.45, 7) is 0.190. The van der Waals surface area contributed by atoms with Crippen molar-refractivity contribution in [3.05, 3.63) is 108 Å². The highest BCUT2D eigenvalue weighted by Gasteiger charge is 2.53. The molecule has 6 aromatic rings. The summed E-state index contributed by atoms with van der Waals surface area (Å²) in [5.74, 6) is 7.68. The quantitative estimate of drug-likeness (QED) is 0.169. The van der Waals surface area contributed by atoms with Gasteiger partial charge in [0.05, 0.1) is 11.0 Å². The molecule has 2 nitrogen and oxygen atoms in total. The lowest BCUT2D eigenvalue weighted by molar-refractivity contribution is -0.00528. The van der Waals surface area contributed by atoms with Crippen LogP contribution in [0.4, 0.5) is 0 Å². The molecule has 1 aromatic heterocycles. The number of hydrogen-bond donors (Lipinski definition) is 0. The monoisotopic (exact) mass is 719 g/mol. The summed E-state index contributed by atoms with van der Waals surface area (Å²) in [7, 11) is 0. The molecule has 10 aliphatic rings. The van der Waals surface area contributed by atoms with Crippen LogP contribution in [0.2, 0.25) is 0 Å². The Bertz CT molecular complexity index is 2440. The second-order valence-corrected chi connectivity index (χ2v) is 20.8. The highest BCUT2D eigenvalue weighted by atomic mass is 32.2. The van der Waals surface area contributed by atoms with Crippen molar-refractivity contribution in [2.45, 2.75) is 97.7 Å². The molecule has 0 N–H and O–H groups in total. The van der Waals surface area contributed by atoms with E-state index in [9.17, 15) is 0 Å². The summed E-state index contributed by atoms with van der Waals surface area (Å²) in [5, 5.41) is 2.94. The summed E-state index contributed by atoms with van der Waals surface area (Å²) >= 11 is 1.88. The minimum atomic E-state index is 0.190. The van der Waals surface area contributed by atoms with Gasteiger partial charge in [-0.25, -0.2) is 0 Å². The Morgan fingerprint density at radius 2 is 1.07 bits per heavy atom. The molecule has 0 spiro atoms. The molecule has 3 heterocycles. The fourth-order valence-corrected chi connectivity index (χ4v) is 16.6. The molecule has 8 fully saturated rings. The molecule has 5 aromatic carbocycles. The first kappa shape index (κ1) is 30.3.